The fourth-order valence-corrected chi connectivity index (χ4v) is 5.17. The third-order valence-electron chi connectivity index (χ3n) is 5.35. The fraction of sp³-hybridized carbons (Fsp3) is 0.636. The van der Waals surface area contributed by atoms with Gasteiger partial charge in [0.25, 0.3) is 5.91 Å². The van der Waals surface area contributed by atoms with Crippen LogP contribution in [0.25, 0.3) is 0 Å². The van der Waals surface area contributed by atoms with Crippen molar-refractivity contribution in [1.29, 1.82) is 0 Å². The Morgan fingerprint density at radius 1 is 1.21 bits per heavy atom. The van der Waals surface area contributed by atoms with Gasteiger partial charge < -0.3 is 10.6 Å². The van der Waals surface area contributed by atoms with Crippen LogP contribution in [0.15, 0.2) is 24.3 Å². The molecule has 6 heteroatoms. The van der Waals surface area contributed by atoms with Crippen LogP contribution in [-0.4, -0.2) is 39.1 Å². The van der Waals surface area contributed by atoms with E-state index in [2.05, 4.69) is 10.6 Å². The van der Waals surface area contributed by atoms with Crippen LogP contribution in [0.3, 0.4) is 0 Å². The highest BCUT2D eigenvalue weighted by Crippen LogP contribution is 2.23. The molecule has 28 heavy (non-hydrogen) atoms. The maximum atomic E-state index is 12.9. The van der Waals surface area contributed by atoms with Crippen molar-refractivity contribution < 1.29 is 13.8 Å². The number of amides is 2. The van der Waals surface area contributed by atoms with Gasteiger partial charge in [0, 0.05) is 33.4 Å². The number of nitrogens with one attached hydrogen (secondary N) is 2. The van der Waals surface area contributed by atoms with Gasteiger partial charge in [0.2, 0.25) is 5.91 Å². The molecule has 4 atom stereocenters. The van der Waals surface area contributed by atoms with Crippen molar-refractivity contribution in [3.05, 3.63) is 35.4 Å². The largest absolute Gasteiger partial charge is 0.352 e. The second-order valence-electron chi connectivity index (χ2n) is 8.13. The Morgan fingerprint density at radius 3 is 2.57 bits per heavy atom. The first-order valence-electron chi connectivity index (χ1n) is 10.4. The van der Waals surface area contributed by atoms with E-state index in [1.165, 1.54) is 0 Å². The summed E-state index contributed by atoms with van der Waals surface area (Å²) >= 11 is 0. The van der Waals surface area contributed by atoms with Gasteiger partial charge in [0.1, 0.15) is 6.04 Å². The predicted octanol–water partition coefficient (Wildman–Crippen LogP) is 3.34. The first-order chi connectivity index (χ1) is 13.3. The molecule has 1 saturated carbocycles. The van der Waals surface area contributed by atoms with Gasteiger partial charge in [-0.15, -0.1) is 0 Å². The van der Waals surface area contributed by atoms with Gasteiger partial charge >= 0.3 is 0 Å². The Labute approximate surface area is 171 Å². The summed E-state index contributed by atoms with van der Waals surface area (Å²) in [6.45, 7) is 7.92. The summed E-state index contributed by atoms with van der Waals surface area (Å²) in [5.41, 5.74) is 1.49. The zero-order valence-electron chi connectivity index (χ0n) is 17.5. The Bertz CT molecular complexity index is 705. The van der Waals surface area contributed by atoms with Gasteiger partial charge in [-0.3, -0.25) is 13.8 Å². The lowest BCUT2D eigenvalue weighted by molar-refractivity contribution is -0.124. The molecule has 1 fully saturated rings. The quantitative estimate of drug-likeness (QED) is 0.695. The van der Waals surface area contributed by atoms with Crippen LogP contribution in [0.2, 0.25) is 0 Å². The monoisotopic (exact) mass is 406 g/mol. The van der Waals surface area contributed by atoms with Gasteiger partial charge in [-0.25, -0.2) is 0 Å². The molecule has 2 amide bonds. The summed E-state index contributed by atoms with van der Waals surface area (Å²) in [5, 5.41) is 6.21. The molecule has 0 aliphatic heterocycles. The molecule has 5 nitrogen and oxygen atoms in total. The average molecular weight is 407 g/mol. The van der Waals surface area contributed by atoms with Gasteiger partial charge in [0.05, 0.1) is 0 Å². The van der Waals surface area contributed by atoms with Crippen LogP contribution < -0.4 is 10.6 Å². The molecule has 0 unspecified atom stereocenters. The summed E-state index contributed by atoms with van der Waals surface area (Å²) < 4.78 is 12.2. The van der Waals surface area contributed by atoms with Gasteiger partial charge in [-0.1, -0.05) is 45.4 Å². The lowest BCUT2D eigenvalue weighted by Gasteiger charge is -2.31. The van der Waals surface area contributed by atoms with Crippen LogP contribution in [0.5, 0.6) is 0 Å². The zero-order chi connectivity index (χ0) is 20.7. The molecule has 1 aromatic rings. The highest BCUT2D eigenvalue weighted by atomic mass is 32.2. The number of rotatable bonds is 8. The third kappa shape index (κ3) is 6.43. The smallest absolute Gasteiger partial charge is 0.252 e. The minimum Gasteiger partial charge on any atom is -0.352 e. The lowest BCUT2D eigenvalue weighted by Crippen LogP contribution is -2.51. The van der Waals surface area contributed by atoms with E-state index < -0.39 is 16.8 Å². The molecule has 156 valence electrons. The van der Waals surface area contributed by atoms with Crippen LogP contribution in [0.1, 0.15) is 68.8 Å². The van der Waals surface area contributed by atoms with E-state index in [1.807, 2.05) is 45.9 Å². The maximum absolute atomic E-state index is 12.9. The van der Waals surface area contributed by atoms with Crippen molar-refractivity contribution in [2.75, 3.05) is 5.75 Å². The predicted molar refractivity (Wildman–Crippen MR) is 115 cm³/mol. The number of carbonyl (C=O) groups excluding carboxylic acids is 2. The molecule has 0 saturated heterocycles. The highest BCUT2D eigenvalue weighted by molar-refractivity contribution is 7.85. The molecule has 0 aromatic heterocycles. The zero-order valence-corrected chi connectivity index (χ0v) is 18.3. The Morgan fingerprint density at radius 2 is 1.93 bits per heavy atom. The van der Waals surface area contributed by atoms with Crippen molar-refractivity contribution in [2.45, 2.75) is 77.1 Å². The molecule has 1 aliphatic carbocycles. The number of hydrogen-bond donors (Lipinski definition) is 2. The highest BCUT2D eigenvalue weighted by Gasteiger charge is 2.29. The number of aryl methyl sites for hydroxylation is 1. The normalized spacial score (nSPS) is 21.8. The molecule has 0 spiro atoms. The lowest BCUT2D eigenvalue weighted by atomic mass is 9.94. The molecule has 2 N–H and O–H groups in total. The summed E-state index contributed by atoms with van der Waals surface area (Å²) in [4.78, 5) is 25.6. The van der Waals surface area contributed by atoms with Crippen LogP contribution >= 0.6 is 0 Å². The summed E-state index contributed by atoms with van der Waals surface area (Å²) in [6.07, 6.45) is 4.19. The average Bonchev–Trinajstić information content (AvgIpc) is 2.66. The summed E-state index contributed by atoms with van der Waals surface area (Å²) in [6, 6.07) is 6.86. The number of benzene rings is 1. The van der Waals surface area contributed by atoms with Crippen LogP contribution in [-0.2, 0) is 15.6 Å². The minimum absolute atomic E-state index is 0.0341. The number of hydrogen-bond acceptors (Lipinski definition) is 3. The van der Waals surface area contributed by atoms with Crippen molar-refractivity contribution >= 4 is 22.6 Å². The van der Waals surface area contributed by atoms with Crippen molar-refractivity contribution in [1.82, 2.24) is 10.6 Å². The number of carbonyl (C=O) groups is 2. The van der Waals surface area contributed by atoms with E-state index >= 15 is 0 Å². The molecule has 0 heterocycles. The standard InChI is InChI=1S/C22H34N2O3S/c1-5-28(27)18-11-8-10-17(14-18)23-22(26)20(13-15(2)3)24-21(25)19-12-7-6-9-16(19)4/h6-7,9,12,15,17-18,20H,5,8,10-11,13-14H2,1-4H3,(H,23,26)(H,24,25)/t17-,18+,20+,28+/m0/s1. The molecular weight excluding hydrogens is 372 g/mol. The van der Waals surface area contributed by atoms with Gasteiger partial charge in [-0.2, -0.15) is 0 Å². The molecule has 0 radical (unpaired) electrons. The second-order valence-corrected chi connectivity index (χ2v) is 10.1. The second kappa shape index (κ2) is 10.7. The Hall–Kier alpha value is -1.69. The van der Waals surface area contributed by atoms with Crippen molar-refractivity contribution in [2.24, 2.45) is 5.92 Å². The minimum atomic E-state index is -0.826. The first-order valence-corrected chi connectivity index (χ1v) is 11.7. The third-order valence-corrected chi connectivity index (χ3v) is 7.09. The van der Waals surface area contributed by atoms with E-state index in [9.17, 15) is 13.8 Å². The van der Waals surface area contributed by atoms with Crippen LogP contribution in [0, 0.1) is 12.8 Å². The van der Waals surface area contributed by atoms with Crippen molar-refractivity contribution in [3.63, 3.8) is 0 Å². The molecule has 0 bridgehead atoms. The topological polar surface area (TPSA) is 75.3 Å². The molecular formula is C22H34N2O3S. The van der Waals surface area contributed by atoms with E-state index in [0.717, 1.165) is 31.2 Å². The van der Waals surface area contributed by atoms with Gasteiger partial charge in [-0.05, 0) is 50.2 Å². The fourth-order valence-electron chi connectivity index (χ4n) is 3.82. The maximum Gasteiger partial charge on any atom is 0.252 e. The Balaban J connectivity index is 2.03. The molecule has 1 aliphatic rings. The van der Waals surface area contributed by atoms with E-state index in [4.69, 9.17) is 0 Å². The Kier molecular flexibility index (Phi) is 8.67. The first kappa shape index (κ1) is 22.6. The van der Waals surface area contributed by atoms with E-state index in [1.54, 1.807) is 6.07 Å². The van der Waals surface area contributed by atoms with Crippen LogP contribution in [0.4, 0.5) is 0 Å². The van der Waals surface area contributed by atoms with Gasteiger partial charge in [0.15, 0.2) is 0 Å². The van der Waals surface area contributed by atoms with E-state index in [0.29, 0.717) is 17.7 Å². The molecule has 2 rings (SSSR count). The molecule has 1 aromatic carbocycles. The SMILES string of the molecule is CC[S@@](=O)[C@@H]1CCC[C@H](NC(=O)[C@@H](CC(C)C)NC(=O)c2ccccc2C)C1. The summed E-state index contributed by atoms with van der Waals surface area (Å²) in [7, 11) is -0.826. The van der Waals surface area contributed by atoms with Crippen molar-refractivity contribution in [3.8, 4) is 0 Å². The van der Waals surface area contributed by atoms with E-state index in [-0.39, 0.29) is 29.0 Å². The summed E-state index contributed by atoms with van der Waals surface area (Å²) in [5.74, 6) is 0.587.